The fourth-order valence-electron chi connectivity index (χ4n) is 4.86. The van der Waals surface area contributed by atoms with E-state index in [0.717, 1.165) is 48.3 Å². The van der Waals surface area contributed by atoms with Crippen LogP contribution >= 0.6 is 0 Å². The van der Waals surface area contributed by atoms with E-state index in [-0.39, 0.29) is 23.8 Å². The molecule has 1 aromatic heterocycles. The van der Waals surface area contributed by atoms with E-state index < -0.39 is 0 Å². The Labute approximate surface area is 189 Å². The summed E-state index contributed by atoms with van der Waals surface area (Å²) >= 11 is 0. The van der Waals surface area contributed by atoms with Crippen molar-refractivity contribution in [1.29, 1.82) is 5.26 Å². The molecule has 0 aromatic carbocycles. The zero-order valence-corrected chi connectivity index (χ0v) is 18.6. The molecule has 1 aromatic rings. The van der Waals surface area contributed by atoms with Gasteiger partial charge in [0.15, 0.2) is 0 Å². The summed E-state index contributed by atoms with van der Waals surface area (Å²) in [6.07, 6.45) is 7.65. The monoisotopic (exact) mass is 431 g/mol. The van der Waals surface area contributed by atoms with Crippen molar-refractivity contribution in [3.05, 3.63) is 41.6 Å². The molecule has 1 atom stereocenters. The number of carbonyl (C=O) groups is 2. The highest BCUT2D eigenvalue weighted by atomic mass is 16.2. The molecular weight excluding hydrogens is 402 g/mol. The largest absolute Gasteiger partial charge is 0.352 e. The van der Waals surface area contributed by atoms with Crippen LogP contribution < -0.4 is 4.90 Å². The average Bonchev–Trinajstić information content (AvgIpc) is 3.75. The Morgan fingerprint density at radius 3 is 2.66 bits per heavy atom. The quantitative estimate of drug-likeness (QED) is 0.670. The molecule has 2 amide bonds. The Hall–Kier alpha value is -3.14. The van der Waals surface area contributed by atoms with Crippen molar-refractivity contribution in [3.8, 4) is 6.07 Å². The smallest absolute Gasteiger partial charge is 0.246 e. The molecule has 166 valence electrons. The molecule has 2 saturated carbocycles. The summed E-state index contributed by atoms with van der Waals surface area (Å²) in [6, 6.07) is 4.43. The predicted molar refractivity (Wildman–Crippen MR) is 122 cm³/mol. The van der Waals surface area contributed by atoms with Gasteiger partial charge in [0.05, 0.1) is 11.3 Å². The Balaban J connectivity index is 1.41. The van der Waals surface area contributed by atoms with E-state index >= 15 is 0 Å². The number of carbonyl (C=O) groups excluding carboxylic acids is 2. The van der Waals surface area contributed by atoms with Crippen LogP contribution in [0.2, 0.25) is 0 Å². The molecule has 7 nitrogen and oxygen atoms in total. The third kappa shape index (κ3) is 3.79. The van der Waals surface area contributed by atoms with Gasteiger partial charge in [0, 0.05) is 56.2 Å². The van der Waals surface area contributed by atoms with Crippen LogP contribution in [0.4, 0.5) is 5.82 Å². The topological polar surface area (TPSA) is 80.5 Å². The summed E-state index contributed by atoms with van der Waals surface area (Å²) in [5, 5.41) is 9.95. The maximum atomic E-state index is 12.6. The maximum Gasteiger partial charge on any atom is 0.246 e. The summed E-state index contributed by atoms with van der Waals surface area (Å²) < 4.78 is 0. The lowest BCUT2D eigenvalue weighted by atomic mass is 9.99. The summed E-state index contributed by atoms with van der Waals surface area (Å²) in [7, 11) is 0. The molecule has 0 N–H and O–H groups in total. The van der Waals surface area contributed by atoms with Crippen LogP contribution in [0, 0.1) is 17.2 Å². The molecule has 3 heterocycles. The molecule has 32 heavy (non-hydrogen) atoms. The van der Waals surface area contributed by atoms with Crippen LogP contribution in [-0.4, -0.2) is 65.4 Å². The number of rotatable bonds is 5. The van der Waals surface area contributed by atoms with Crippen molar-refractivity contribution in [2.75, 3.05) is 37.6 Å². The standard InChI is InChI=1S/C25H29N5O2/c1-3-22(31)28-9-8-19(15-28)21-12-20(13-26)24(27-23(21)17-4-5-17)29-10-11-30(16(2)14-29)25(32)18-6-7-18/h3,8,12,16-18H,1,4-7,9-11,14-15H2,2H3. The van der Waals surface area contributed by atoms with Crippen LogP contribution in [0.5, 0.6) is 0 Å². The molecule has 4 aliphatic rings. The third-order valence-electron chi connectivity index (χ3n) is 7.00. The van der Waals surface area contributed by atoms with Crippen molar-refractivity contribution >= 4 is 23.2 Å². The SMILES string of the molecule is C=CC(=O)N1CC=C(c2cc(C#N)c(N3CCN(C(=O)C4CC4)C(C)C3)nc2C2CC2)C1. The van der Waals surface area contributed by atoms with Gasteiger partial charge in [-0.2, -0.15) is 5.26 Å². The van der Waals surface area contributed by atoms with Crippen LogP contribution in [0.15, 0.2) is 24.8 Å². The molecule has 0 spiro atoms. The van der Waals surface area contributed by atoms with Gasteiger partial charge in [-0.05, 0) is 50.3 Å². The molecule has 2 aliphatic carbocycles. The molecule has 0 bridgehead atoms. The van der Waals surface area contributed by atoms with Crippen molar-refractivity contribution in [1.82, 2.24) is 14.8 Å². The zero-order chi connectivity index (χ0) is 22.4. The van der Waals surface area contributed by atoms with Crippen molar-refractivity contribution in [2.24, 2.45) is 5.92 Å². The van der Waals surface area contributed by atoms with Gasteiger partial charge in [-0.25, -0.2) is 4.98 Å². The van der Waals surface area contributed by atoms with Crippen LogP contribution in [0.3, 0.4) is 0 Å². The summed E-state index contributed by atoms with van der Waals surface area (Å²) in [4.78, 5) is 35.6. The number of anilines is 1. The lowest BCUT2D eigenvalue weighted by Crippen LogP contribution is -2.55. The minimum Gasteiger partial charge on any atom is -0.352 e. The Morgan fingerprint density at radius 1 is 1.25 bits per heavy atom. The van der Waals surface area contributed by atoms with E-state index in [9.17, 15) is 14.9 Å². The highest BCUT2D eigenvalue weighted by molar-refractivity contribution is 5.90. The molecule has 3 fully saturated rings. The van der Waals surface area contributed by atoms with Gasteiger partial charge in [-0.3, -0.25) is 9.59 Å². The van der Waals surface area contributed by atoms with Gasteiger partial charge in [-0.1, -0.05) is 12.7 Å². The van der Waals surface area contributed by atoms with Gasteiger partial charge in [0.1, 0.15) is 11.9 Å². The minimum atomic E-state index is -0.0816. The Kier molecular flexibility index (Phi) is 5.24. The number of pyridine rings is 1. The Morgan fingerprint density at radius 2 is 2.03 bits per heavy atom. The normalized spacial score (nSPS) is 23.1. The number of nitrogens with zero attached hydrogens (tertiary/aromatic N) is 5. The maximum absolute atomic E-state index is 12.6. The first-order valence-electron chi connectivity index (χ1n) is 11.6. The second-order valence-electron chi connectivity index (χ2n) is 9.43. The van der Waals surface area contributed by atoms with Crippen LogP contribution in [0.1, 0.15) is 55.3 Å². The molecule has 1 saturated heterocycles. The van der Waals surface area contributed by atoms with Gasteiger partial charge >= 0.3 is 0 Å². The van der Waals surface area contributed by atoms with Gasteiger partial charge in [0.25, 0.3) is 0 Å². The number of nitriles is 1. The lowest BCUT2D eigenvalue weighted by molar-refractivity contribution is -0.135. The van der Waals surface area contributed by atoms with Crippen molar-refractivity contribution < 1.29 is 9.59 Å². The first-order chi connectivity index (χ1) is 15.5. The van der Waals surface area contributed by atoms with E-state index in [1.165, 1.54) is 6.08 Å². The van der Waals surface area contributed by atoms with E-state index in [4.69, 9.17) is 4.98 Å². The second-order valence-corrected chi connectivity index (χ2v) is 9.43. The zero-order valence-electron chi connectivity index (χ0n) is 18.6. The number of amides is 2. The number of aromatic nitrogens is 1. The predicted octanol–water partition coefficient (Wildman–Crippen LogP) is 2.69. The molecule has 2 aliphatic heterocycles. The second kappa shape index (κ2) is 8.09. The van der Waals surface area contributed by atoms with Crippen molar-refractivity contribution in [2.45, 2.75) is 44.6 Å². The van der Waals surface area contributed by atoms with Gasteiger partial charge in [0.2, 0.25) is 11.8 Å². The molecule has 5 rings (SSSR count). The molecule has 1 unspecified atom stereocenters. The van der Waals surface area contributed by atoms with E-state index in [0.29, 0.717) is 44.2 Å². The first-order valence-corrected chi connectivity index (χ1v) is 11.6. The summed E-state index contributed by atoms with van der Waals surface area (Å²) in [5.41, 5.74) is 3.67. The minimum absolute atomic E-state index is 0.0816. The first kappa shape index (κ1) is 20.7. The van der Waals surface area contributed by atoms with Crippen LogP contribution in [0.25, 0.3) is 5.57 Å². The lowest BCUT2D eigenvalue weighted by Gasteiger charge is -2.41. The summed E-state index contributed by atoms with van der Waals surface area (Å²) in [6.45, 7) is 8.81. The average molecular weight is 432 g/mol. The highest BCUT2D eigenvalue weighted by Crippen LogP contribution is 2.44. The van der Waals surface area contributed by atoms with Gasteiger partial charge < -0.3 is 14.7 Å². The summed E-state index contributed by atoms with van der Waals surface area (Å²) in [5.74, 6) is 1.58. The van der Waals surface area contributed by atoms with Crippen molar-refractivity contribution in [3.63, 3.8) is 0 Å². The van der Waals surface area contributed by atoms with E-state index in [1.807, 2.05) is 11.0 Å². The molecular formula is C25H29N5O2. The molecule has 0 radical (unpaired) electrons. The number of hydrogen-bond donors (Lipinski definition) is 0. The van der Waals surface area contributed by atoms with E-state index in [2.05, 4.69) is 30.5 Å². The Bertz CT molecular complexity index is 1050. The fraction of sp³-hybridized carbons (Fsp3) is 0.520. The third-order valence-corrected chi connectivity index (χ3v) is 7.00. The highest BCUT2D eigenvalue weighted by Gasteiger charge is 2.38. The fourth-order valence-corrected chi connectivity index (χ4v) is 4.86. The van der Waals surface area contributed by atoms with E-state index in [1.54, 1.807) is 4.90 Å². The number of piperazine rings is 1. The van der Waals surface area contributed by atoms with Gasteiger partial charge in [-0.15, -0.1) is 0 Å². The number of hydrogen-bond acceptors (Lipinski definition) is 5. The molecule has 7 heteroatoms. The van der Waals surface area contributed by atoms with Crippen LogP contribution in [-0.2, 0) is 9.59 Å².